The Kier molecular flexibility index (Phi) is 4.16. The molecule has 0 aromatic heterocycles. The second kappa shape index (κ2) is 6.08. The number of para-hydroxylation sites is 1. The first-order valence-corrected chi connectivity index (χ1v) is 7.81. The number of benzene rings is 1. The largest absolute Gasteiger partial charge is 0.491 e. The van der Waals surface area contributed by atoms with Gasteiger partial charge in [-0.05, 0) is 25.0 Å². The number of imide groups is 1. The monoisotopic (exact) mass is 303 g/mol. The van der Waals surface area contributed by atoms with E-state index in [0.717, 1.165) is 25.7 Å². The van der Waals surface area contributed by atoms with Crippen LogP contribution in [0.3, 0.4) is 0 Å². The number of hydrogen-bond acceptors (Lipinski definition) is 4. The summed E-state index contributed by atoms with van der Waals surface area (Å²) in [6.45, 7) is 0.0837. The predicted molar refractivity (Wildman–Crippen MR) is 80.2 cm³/mol. The van der Waals surface area contributed by atoms with E-state index in [-0.39, 0.29) is 25.0 Å². The molecular formula is C17H21NO4. The van der Waals surface area contributed by atoms with Gasteiger partial charge in [-0.1, -0.05) is 31.0 Å². The molecule has 118 valence electrons. The van der Waals surface area contributed by atoms with Crippen molar-refractivity contribution < 1.29 is 19.4 Å². The summed E-state index contributed by atoms with van der Waals surface area (Å²) in [6, 6.07) is 9.17. The molecule has 1 saturated carbocycles. The smallest absolute Gasteiger partial charge is 0.235 e. The first-order chi connectivity index (χ1) is 10.6. The summed E-state index contributed by atoms with van der Waals surface area (Å²) in [6.07, 6.45) is 3.04. The first kappa shape index (κ1) is 15.0. The topological polar surface area (TPSA) is 66.8 Å². The number of β-amino-alcohol motifs (C(OH)–C–C–N with tert-alkyl or cyclic N) is 1. The Bertz CT molecular complexity index is 551. The van der Waals surface area contributed by atoms with Crippen molar-refractivity contribution >= 4 is 11.8 Å². The van der Waals surface area contributed by atoms with Crippen LogP contribution in [0.4, 0.5) is 0 Å². The molecule has 5 nitrogen and oxygen atoms in total. The summed E-state index contributed by atoms with van der Waals surface area (Å²) in [5, 5.41) is 10.1. The van der Waals surface area contributed by atoms with Crippen LogP contribution in [0.25, 0.3) is 0 Å². The Hall–Kier alpha value is -1.88. The van der Waals surface area contributed by atoms with Gasteiger partial charge >= 0.3 is 0 Å². The Balaban J connectivity index is 1.56. The molecule has 2 fully saturated rings. The number of carbonyl (C=O) groups is 2. The van der Waals surface area contributed by atoms with Crippen LogP contribution in [-0.2, 0) is 9.59 Å². The van der Waals surface area contributed by atoms with Gasteiger partial charge in [-0.3, -0.25) is 14.5 Å². The molecule has 2 aliphatic rings. The molecule has 1 N–H and O–H groups in total. The summed E-state index contributed by atoms with van der Waals surface area (Å²) >= 11 is 0. The number of amides is 2. The maximum absolute atomic E-state index is 12.5. The molecule has 5 heteroatoms. The van der Waals surface area contributed by atoms with Crippen LogP contribution in [0.5, 0.6) is 5.75 Å². The highest BCUT2D eigenvalue weighted by molar-refractivity contribution is 6.06. The van der Waals surface area contributed by atoms with E-state index in [1.807, 2.05) is 18.2 Å². The molecule has 0 radical (unpaired) electrons. The third-order valence-corrected chi connectivity index (χ3v) is 4.63. The van der Waals surface area contributed by atoms with Gasteiger partial charge in [0, 0.05) is 6.42 Å². The van der Waals surface area contributed by atoms with Gasteiger partial charge < -0.3 is 9.84 Å². The molecule has 1 spiro atoms. The minimum Gasteiger partial charge on any atom is -0.491 e. The van der Waals surface area contributed by atoms with Crippen molar-refractivity contribution in [2.45, 2.75) is 38.2 Å². The van der Waals surface area contributed by atoms with E-state index in [4.69, 9.17) is 4.74 Å². The highest BCUT2D eigenvalue weighted by atomic mass is 16.5. The first-order valence-electron chi connectivity index (χ1n) is 7.81. The molecule has 1 heterocycles. The summed E-state index contributed by atoms with van der Waals surface area (Å²) < 4.78 is 5.47. The molecule has 0 bridgehead atoms. The van der Waals surface area contributed by atoms with E-state index in [0.29, 0.717) is 12.2 Å². The summed E-state index contributed by atoms with van der Waals surface area (Å²) in [4.78, 5) is 25.8. The minimum atomic E-state index is -0.871. The molecule has 1 aromatic rings. The number of rotatable bonds is 5. The van der Waals surface area contributed by atoms with Crippen molar-refractivity contribution in [1.82, 2.24) is 4.90 Å². The minimum absolute atomic E-state index is 0.0201. The number of ether oxygens (including phenoxy) is 1. The second-order valence-electron chi connectivity index (χ2n) is 6.25. The molecule has 1 aromatic carbocycles. The molecule has 1 atom stereocenters. The predicted octanol–water partition coefficient (Wildman–Crippen LogP) is 1.75. The zero-order chi connectivity index (χ0) is 15.6. The van der Waals surface area contributed by atoms with Gasteiger partial charge in [0.1, 0.15) is 18.5 Å². The van der Waals surface area contributed by atoms with Crippen LogP contribution in [0.1, 0.15) is 32.1 Å². The SMILES string of the molecule is O=C1CC2(CCCC2)C(=O)N1C[C@@H](O)COc1ccccc1. The molecule has 1 aliphatic heterocycles. The molecule has 22 heavy (non-hydrogen) atoms. The van der Waals surface area contributed by atoms with E-state index in [1.54, 1.807) is 12.1 Å². The Morgan fingerprint density at radius 2 is 1.86 bits per heavy atom. The maximum atomic E-state index is 12.5. The number of carbonyl (C=O) groups excluding carboxylic acids is 2. The number of likely N-dealkylation sites (tertiary alicyclic amines) is 1. The number of nitrogens with zero attached hydrogens (tertiary/aromatic N) is 1. The van der Waals surface area contributed by atoms with Crippen LogP contribution < -0.4 is 4.74 Å². The maximum Gasteiger partial charge on any atom is 0.235 e. The van der Waals surface area contributed by atoms with E-state index in [9.17, 15) is 14.7 Å². The molecule has 1 saturated heterocycles. The van der Waals surface area contributed by atoms with Crippen LogP contribution in [0.2, 0.25) is 0 Å². The lowest BCUT2D eigenvalue weighted by Gasteiger charge is -2.22. The number of aliphatic hydroxyl groups is 1. The normalized spacial score (nSPS) is 21.6. The average Bonchev–Trinajstić information content (AvgIpc) is 3.08. The number of hydrogen-bond donors (Lipinski definition) is 1. The highest BCUT2D eigenvalue weighted by Crippen LogP contribution is 2.46. The summed E-state index contributed by atoms with van der Waals surface area (Å²) in [5.41, 5.74) is -0.475. The van der Waals surface area contributed by atoms with Gasteiger partial charge in [-0.2, -0.15) is 0 Å². The fourth-order valence-corrected chi connectivity index (χ4v) is 3.46. The molecule has 2 amide bonds. The van der Waals surface area contributed by atoms with Crippen LogP contribution in [-0.4, -0.2) is 41.1 Å². The number of aliphatic hydroxyl groups excluding tert-OH is 1. The lowest BCUT2D eigenvalue weighted by atomic mass is 9.84. The zero-order valence-electron chi connectivity index (χ0n) is 12.5. The second-order valence-corrected chi connectivity index (χ2v) is 6.25. The lowest BCUT2D eigenvalue weighted by molar-refractivity contribution is -0.143. The van der Waals surface area contributed by atoms with E-state index < -0.39 is 11.5 Å². The fourth-order valence-electron chi connectivity index (χ4n) is 3.46. The molecule has 3 rings (SSSR count). The average molecular weight is 303 g/mol. The van der Waals surface area contributed by atoms with Crippen molar-refractivity contribution in [2.24, 2.45) is 5.41 Å². The van der Waals surface area contributed by atoms with E-state index in [2.05, 4.69) is 0 Å². The van der Waals surface area contributed by atoms with Crippen molar-refractivity contribution in [1.29, 1.82) is 0 Å². The van der Waals surface area contributed by atoms with Gasteiger partial charge in [0.05, 0.1) is 12.0 Å². The zero-order valence-corrected chi connectivity index (χ0v) is 12.5. The third-order valence-electron chi connectivity index (χ3n) is 4.63. The van der Waals surface area contributed by atoms with Crippen molar-refractivity contribution in [3.8, 4) is 5.75 Å². The van der Waals surface area contributed by atoms with Gasteiger partial charge in [-0.15, -0.1) is 0 Å². The van der Waals surface area contributed by atoms with Gasteiger partial charge in [-0.25, -0.2) is 0 Å². The molecule has 1 aliphatic carbocycles. The molecular weight excluding hydrogens is 282 g/mol. The van der Waals surface area contributed by atoms with Gasteiger partial charge in [0.25, 0.3) is 0 Å². The van der Waals surface area contributed by atoms with Gasteiger partial charge in [0.2, 0.25) is 11.8 Å². The fraction of sp³-hybridized carbons (Fsp3) is 0.529. The van der Waals surface area contributed by atoms with Crippen molar-refractivity contribution in [2.75, 3.05) is 13.2 Å². The third kappa shape index (κ3) is 2.86. The van der Waals surface area contributed by atoms with Crippen molar-refractivity contribution in [3.05, 3.63) is 30.3 Å². The van der Waals surface area contributed by atoms with Crippen molar-refractivity contribution in [3.63, 3.8) is 0 Å². The summed E-state index contributed by atoms with van der Waals surface area (Å²) in [7, 11) is 0. The Morgan fingerprint density at radius 1 is 1.18 bits per heavy atom. The van der Waals surface area contributed by atoms with Gasteiger partial charge in [0.15, 0.2) is 0 Å². The molecule has 0 unspecified atom stereocenters. The quantitative estimate of drug-likeness (QED) is 0.842. The lowest BCUT2D eigenvalue weighted by Crippen LogP contribution is -2.41. The standard InChI is InChI=1S/C17H21NO4/c19-13(12-22-14-6-2-1-3-7-14)11-18-15(20)10-17(16(18)21)8-4-5-9-17/h1-3,6-7,13,19H,4-5,8-12H2/t13-/m1/s1. The van der Waals surface area contributed by atoms with Crippen LogP contribution in [0.15, 0.2) is 30.3 Å². The summed E-state index contributed by atoms with van der Waals surface area (Å²) in [5.74, 6) is 0.396. The van der Waals surface area contributed by atoms with Crippen LogP contribution >= 0.6 is 0 Å². The van der Waals surface area contributed by atoms with E-state index >= 15 is 0 Å². The Labute approximate surface area is 129 Å². The Morgan fingerprint density at radius 3 is 2.55 bits per heavy atom. The van der Waals surface area contributed by atoms with E-state index in [1.165, 1.54) is 4.90 Å². The van der Waals surface area contributed by atoms with Crippen LogP contribution in [0, 0.1) is 5.41 Å². The highest BCUT2D eigenvalue weighted by Gasteiger charge is 2.52.